The third-order valence-corrected chi connectivity index (χ3v) is 4.05. The van der Waals surface area contributed by atoms with Gasteiger partial charge in [0.25, 0.3) is 0 Å². The van der Waals surface area contributed by atoms with Crippen molar-refractivity contribution in [2.24, 2.45) is 0 Å². The second-order valence-corrected chi connectivity index (χ2v) is 6.43. The van der Waals surface area contributed by atoms with Gasteiger partial charge < -0.3 is 0 Å². The van der Waals surface area contributed by atoms with Crippen molar-refractivity contribution < 1.29 is 13.2 Å². The van der Waals surface area contributed by atoms with Crippen LogP contribution in [0.3, 0.4) is 0 Å². The van der Waals surface area contributed by atoms with Gasteiger partial charge in [-0.3, -0.25) is 0 Å². The van der Waals surface area contributed by atoms with Crippen LogP contribution in [0.1, 0.15) is 5.56 Å². The van der Waals surface area contributed by atoms with Crippen LogP contribution in [-0.2, 0) is 6.18 Å². The number of rotatable bonds is 1. The van der Waals surface area contributed by atoms with Gasteiger partial charge in [-0.1, -0.05) is 40.9 Å². The van der Waals surface area contributed by atoms with Crippen LogP contribution in [0, 0.1) is 3.57 Å². The first-order chi connectivity index (χ1) is 9.20. The van der Waals surface area contributed by atoms with Crippen LogP contribution in [0.15, 0.2) is 30.3 Å². The van der Waals surface area contributed by atoms with E-state index in [1.54, 1.807) is 6.07 Å². The Balaban J connectivity index is 2.77. The third-order valence-electron chi connectivity index (χ3n) is 2.56. The molecule has 7 heteroatoms. The molecule has 0 radical (unpaired) electrons. The molecular weight excluding hydrogens is 446 g/mol. The summed E-state index contributed by atoms with van der Waals surface area (Å²) in [4.78, 5) is 0. The van der Waals surface area contributed by atoms with Gasteiger partial charge in [0.15, 0.2) is 0 Å². The van der Waals surface area contributed by atoms with Crippen LogP contribution in [0.4, 0.5) is 13.2 Å². The third kappa shape index (κ3) is 3.35. The first-order valence-electron chi connectivity index (χ1n) is 5.22. The van der Waals surface area contributed by atoms with Crippen molar-refractivity contribution in [1.82, 2.24) is 0 Å². The van der Waals surface area contributed by atoms with Gasteiger partial charge in [-0.15, -0.1) is 0 Å². The molecule has 2 rings (SSSR count). The highest BCUT2D eigenvalue weighted by molar-refractivity contribution is 14.1. The zero-order chi connectivity index (χ0) is 15.1. The molecule has 0 saturated carbocycles. The van der Waals surface area contributed by atoms with E-state index in [1.807, 2.05) is 22.6 Å². The Morgan fingerprint density at radius 1 is 0.900 bits per heavy atom. The van der Waals surface area contributed by atoms with Gasteiger partial charge in [-0.05, 0) is 52.4 Å². The van der Waals surface area contributed by atoms with Crippen LogP contribution >= 0.6 is 57.4 Å². The quantitative estimate of drug-likeness (QED) is 0.412. The number of halogens is 7. The molecule has 0 aliphatic heterocycles. The molecule has 0 aliphatic carbocycles. The predicted molar refractivity (Wildman–Crippen MR) is 84.6 cm³/mol. The van der Waals surface area contributed by atoms with Crippen molar-refractivity contribution in [3.8, 4) is 11.1 Å². The minimum absolute atomic E-state index is 0.0652. The Labute approximate surface area is 142 Å². The molecule has 0 heterocycles. The van der Waals surface area contributed by atoms with E-state index >= 15 is 0 Å². The molecule has 0 bridgehead atoms. The van der Waals surface area contributed by atoms with E-state index in [1.165, 1.54) is 18.2 Å². The summed E-state index contributed by atoms with van der Waals surface area (Å²) in [6, 6.07) is 6.69. The van der Waals surface area contributed by atoms with Crippen molar-refractivity contribution in [3.63, 3.8) is 0 Å². The van der Waals surface area contributed by atoms with E-state index in [-0.39, 0.29) is 26.2 Å². The topological polar surface area (TPSA) is 0 Å². The highest BCUT2D eigenvalue weighted by Gasteiger charge is 2.34. The van der Waals surface area contributed by atoms with Gasteiger partial charge >= 0.3 is 6.18 Å². The lowest BCUT2D eigenvalue weighted by Gasteiger charge is -2.16. The first-order valence-corrected chi connectivity index (χ1v) is 7.43. The van der Waals surface area contributed by atoms with E-state index in [4.69, 9.17) is 34.8 Å². The fraction of sp³-hybridized carbons (Fsp3) is 0.0769. The molecule has 2 aromatic rings. The van der Waals surface area contributed by atoms with E-state index in [0.717, 1.165) is 6.07 Å². The summed E-state index contributed by atoms with van der Waals surface area (Å²) in [5.41, 5.74) is -0.721. The lowest BCUT2D eigenvalue weighted by atomic mass is 9.99. The van der Waals surface area contributed by atoms with E-state index < -0.39 is 11.7 Å². The average molecular weight is 451 g/mol. The molecule has 106 valence electrons. The van der Waals surface area contributed by atoms with Gasteiger partial charge in [0.1, 0.15) is 0 Å². The molecule has 0 amide bonds. The maximum absolute atomic E-state index is 13.1. The van der Waals surface area contributed by atoms with Crippen molar-refractivity contribution >= 4 is 57.4 Å². The van der Waals surface area contributed by atoms with Crippen LogP contribution in [0.2, 0.25) is 15.1 Å². The van der Waals surface area contributed by atoms with Gasteiger partial charge in [-0.25, -0.2) is 0 Å². The van der Waals surface area contributed by atoms with Crippen molar-refractivity contribution in [3.05, 3.63) is 54.5 Å². The average Bonchev–Trinajstić information content (AvgIpc) is 2.28. The summed E-state index contributed by atoms with van der Waals surface area (Å²) >= 11 is 19.6. The largest absolute Gasteiger partial charge is 0.417 e. The SMILES string of the molecule is FC(F)(F)c1cc(I)ccc1-c1c(Cl)cc(Cl)cc1Cl. The van der Waals surface area contributed by atoms with E-state index in [2.05, 4.69) is 0 Å². The van der Waals surface area contributed by atoms with Crippen LogP contribution < -0.4 is 0 Å². The first kappa shape index (κ1) is 16.2. The van der Waals surface area contributed by atoms with Crippen molar-refractivity contribution in [2.45, 2.75) is 6.18 Å². The smallest absolute Gasteiger partial charge is 0.166 e. The minimum atomic E-state index is -4.50. The summed E-state index contributed by atoms with van der Waals surface area (Å²) in [5, 5.41) is 0.422. The second-order valence-electron chi connectivity index (χ2n) is 3.93. The Bertz CT molecular complexity index is 645. The summed E-state index contributed by atoms with van der Waals surface area (Å²) in [5.74, 6) is 0. The Morgan fingerprint density at radius 2 is 1.45 bits per heavy atom. The maximum atomic E-state index is 13.1. The predicted octanol–water partition coefficient (Wildman–Crippen LogP) is 6.94. The molecule has 0 aromatic heterocycles. The lowest BCUT2D eigenvalue weighted by molar-refractivity contribution is -0.137. The fourth-order valence-electron chi connectivity index (χ4n) is 1.77. The molecule has 0 N–H and O–H groups in total. The van der Waals surface area contributed by atoms with Gasteiger partial charge in [0.2, 0.25) is 0 Å². The molecule has 0 nitrogen and oxygen atoms in total. The van der Waals surface area contributed by atoms with Gasteiger partial charge in [0, 0.05) is 14.2 Å². The summed E-state index contributed by atoms with van der Waals surface area (Å²) in [6.07, 6.45) is -4.50. The summed E-state index contributed by atoms with van der Waals surface area (Å²) in [7, 11) is 0. The number of hydrogen-bond acceptors (Lipinski definition) is 0. The molecule has 0 unspecified atom stereocenters. The number of benzene rings is 2. The standard InChI is InChI=1S/C13H5Cl3F3I/c14-6-3-10(15)12(11(16)4-6)8-2-1-7(20)5-9(8)13(17,18)19/h1-5H. The molecule has 20 heavy (non-hydrogen) atoms. The molecule has 0 spiro atoms. The maximum Gasteiger partial charge on any atom is 0.417 e. The normalized spacial score (nSPS) is 11.8. The van der Waals surface area contributed by atoms with Crippen molar-refractivity contribution in [2.75, 3.05) is 0 Å². The Kier molecular flexibility index (Phi) is 4.79. The highest BCUT2D eigenvalue weighted by Crippen LogP contribution is 2.43. The molecular formula is C13H5Cl3F3I. The number of hydrogen-bond donors (Lipinski definition) is 0. The zero-order valence-electron chi connectivity index (χ0n) is 9.53. The molecule has 0 aliphatic rings. The summed E-state index contributed by atoms with van der Waals surface area (Å²) < 4.78 is 39.9. The Hall–Kier alpha value is -0.170. The minimum Gasteiger partial charge on any atom is -0.166 e. The molecule has 0 saturated heterocycles. The van der Waals surface area contributed by atoms with Crippen LogP contribution in [-0.4, -0.2) is 0 Å². The Morgan fingerprint density at radius 3 is 1.95 bits per heavy atom. The number of alkyl halides is 3. The van der Waals surface area contributed by atoms with Crippen LogP contribution in [0.5, 0.6) is 0 Å². The second kappa shape index (κ2) is 5.91. The van der Waals surface area contributed by atoms with Crippen LogP contribution in [0.25, 0.3) is 11.1 Å². The van der Waals surface area contributed by atoms with Crippen molar-refractivity contribution in [1.29, 1.82) is 0 Å². The van der Waals surface area contributed by atoms with E-state index in [9.17, 15) is 13.2 Å². The monoisotopic (exact) mass is 450 g/mol. The highest BCUT2D eigenvalue weighted by atomic mass is 127. The molecule has 0 fully saturated rings. The molecule has 2 aromatic carbocycles. The molecule has 0 atom stereocenters. The van der Waals surface area contributed by atoms with E-state index in [0.29, 0.717) is 3.57 Å². The van der Waals surface area contributed by atoms with Gasteiger partial charge in [0.05, 0.1) is 15.6 Å². The van der Waals surface area contributed by atoms with Gasteiger partial charge in [-0.2, -0.15) is 13.2 Å². The summed E-state index contributed by atoms with van der Waals surface area (Å²) in [6.45, 7) is 0. The lowest BCUT2D eigenvalue weighted by Crippen LogP contribution is -2.08. The fourth-order valence-corrected chi connectivity index (χ4v) is 3.28. The zero-order valence-corrected chi connectivity index (χ0v) is 14.0.